The Morgan fingerprint density at radius 3 is 2.71 bits per heavy atom. The highest BCUT2D eigenvalue weighted by Gasteiger charge is 2.37. The average molecular weight is 305 g/mol. The summed E-state index contributed by atoms with van der Waals surface area (Å²) >= 11 is 2.34. The van der Waals surface area contributed by atoms with Crippen molar-refractivity contribution in [2.24, 2.45) is 17.6 Å². The van der Waals surface area contributed by atoms with Crippen molar-refractivity contribution in [1.29, 1.82) is 0 Å². The molecule has 0 spiro atoms. The summed E-state index contributed by atoms with van der Waals surface area (Å²) in [6.45, 7) is 4.31. The SMILES string of the molecule is CC(C)CC1(I)C=CC=CC1C(N)=O. The molecule has 0 aliphatic heterocycles. The number of hydrogen-bond acceptors (Lipinski definition) is 1. The normalized spacial score (nSPS) is 31.0. The number of carbonyl (C=O) groups excluding carboxylic acids is 1. The zero-order valence-corrected chi connectivity index (χ0v) is 10.7. The van der Waals surface area contributed by atoms with E-state index in [9.17, 15) is 4.79 Å². The minimum Gasteiger partial charge on any atom is -0.369 e. The summed E-state index contributed by atoms with van der Waals surface area (Å²) in [5.74, 6) is 0.154. The fraction of sp³-hybridized carbons (Fsp3) is 0.545. The lowest BCUT2D eigenvalue weighted by Crippen LogP contribution is -2.39. The molecule has 1 aliphatic rings. The van der Waals surface area contributed by atoms with Crippen LogP contribution in [0, 0.1) is 11.8 Å². The Kier molecular flexibility index (Phi) is 3.75. The van der Waals surface area contributed by atoms with Crippen molar-refractivity contribution in [3.63, 3.8) is 0 Å². The number of rotatable bonds is 3. The Labute approximate surface area is 98.8 Å². The molecule has 2 atom stereocenters. The van der Waals surface area contributed by atoms with Gasteiger partial charge in [0.15, 0.2) is 0 Å². The van der Waals surface area contributed by atoms with Gasteiger partial charge in [0.2, 0.25) is 5.91 Å². The van der Waals surface area contributed by atoms with E-state index in [0.717, 1.165) is 6.42 Å². The van der Waals surface area contributed by atoms with Crippen LogP contribution in [-0.2, 0) is 4.79 Å². The first kappa shape index (κ1) is 11.8. The Hall–Kier alpha value is -0.320. The number of amides is 1. The molecule has 14 heavy (non-hydrogen) atoms. The highest BCUT2D eigenvalue weighted by atomic mass is 127. The molecule has 0 fully saturated rings. The minimum atomic E-state index is -0.236. The van der Waals surface area contributed by atoms with Crippen LogP contribution in [0.4, 0.5) is 0 Å². The van der Waals surface area contributed by atoms with Gasteiger partial charge < -0.3 is 5.73 Å². The number of halogens is 1. The predicted octanol–water partition coefficient (Wildman–Crippen LogP) is 2.43. The molecule has 2 nitrogen and oxygen atoms in total. The maximum atomic E-state index is 11.3. The molecular weight excluding hydrogens is 289 g/mol. The maximum Gasteiger partial charge on any atom is 0.226 e. The third-order valence-electron chi connectivity index (χ3n) is 2.33. The Bertz CT molecular complexity index is 283. The average Bonchev–Trinajstić information content (AvgIpc) is 2.01. The molecule has 0 aromatic heterocycles. The topological polar surface area (TPSA) is 43.1 Å². The summed E-state index contributed by atoms with van der Waals surface area (Å²) in [5, 5.41) is 0. The van der Waals surface area contributed by atoms with Crippen LogP contribution in [0.3, 0.4) is 0 Å². The second-order valence-corrected chi connectivity index (χ2v) is 6.16. The molecule has 2 unspecified atom stereocenters. The second kappa shape index (κ2) is 4.47. The summed E-state index contributed by atoms with van der Waals surface area (Å²) in [4.78, 5) is 11.3. The minimum absolute atomic E-state index is 0.132. The van der Waals surface area contributed by atoms with Gasteiger partial charge in [0.25, 0.3) is 0 Å². The van der Waals surface area contributed by atoms with Crippen molar-refractivity contribution in [2.75, 3.05) is 0 Å². The van der Waals surface area contributed by atoms with Crippen LogP contribution in [0.1, 0.15) is 20.3 Å². The first-order valence-electron chi connectivity index (χ1n) is 4.80. The molecular formula is C11H16INO. The number of nitrogens with two attached hydrogens (primary N) is 1. The van der Waals surface area contributed by atoms with Crippen molar-refractivity contribution in [1.82, 2.24) is 0 Å². The molecule has 1 aliphatic carbocycles. The van der Waals surface area contributed by atoms with E-state index < -0.39 is 0 Å². The van der Waals surface area contributed by atoms with Gasteiger partial charge in [0.05, 0.1) is 9.34 Å². The standard InChI is InChI=1S/C11H16INO/c1-8(2)7-11(12)6-4-3-5-9(11)10(13)14/h3-6,8-9H,7H2,1-2H3,(H2,13,14). The summed E-state index contributed by atoms with van der Waals surface area (Å²) < 4.78 is -0.132. The van der Waals surface area contributed by atoms with E-state index in [0.29, 0.717) is 5.92 Å². The monoisotopic (exact) mass is 305 g/mol. The van der Waals surface area contributed by atoms with Crippen LogP contribution < -0.4 is 5.73 Å². The van der Waals surface area contributed by atoms with Gasteiger partial charge in [-0.1, -0.05) is 60.7 Å². The van der Waals surface area contributed by atoms with Crippen molar-refractivity contribution in [3.05, 3.63) is 24.3 Å². The molecule has 3 heteroatoms. The molecule has 0 radical (unpaired) electrons. The summed E-state index contributed by atoms with van der Waals surface area (Å²) in [7, 11) is 0. The van der Waals surface area contributed by atoms with E-state index in [1.807, 2.05) is 18.2 Å². The molecule has 1 amide bonds. The van der Waals surface area contributed by atoms with Crippen molar-refractivity contribution in [2.45, 2.75) is 23.7 Å². The van der Waals surface area contributed by atoms with Crippen LogP contribution in [0.25, 0.3) is 0 Å². The molecule has 0 saturated carbocycles. The largest absolute Gasteiger partial charge is 0.369 e. The number of primary amides is 1. The van der Waals surface area contributed by atoms with Gasteiger partial charge in [-0.25, -0.2) is 0 Å². The summed E-state index contributed by atoms with van der Waals surface area (Å²) in [6.07, 6.45) is 8.85. The highest BCUT2D eigenvalue weighted by Crippen LogP contribution is 2.39. The highest BCUT2D eigenvalue weighted by molar-refractivity contribution is 14.1. The molecule has 1 rings (SSSR count). The summed E-state index contributed by atoms with van der Waals surface area (Å²) in [5.41, 5.74) is 5.39. The van der Waals surface area contributed by atoms with Gasteiger partial charge >= 0.3 is 0 Å². The number of hydrogen-bond donors (Lipinski definition) is 1. The van der Waals surface area contributed by atoms with E-state index in [1.165, 1.54) is 0 Å². The van der Waals surface area contributed by atoms with Crippen molar-refractivity contribution >= 4 is 28.5 Å². The molecule has 0 bridgehead atoms. The van der Waals surface area contributed by atoms with E-state index in [4.69, 9.17) is 5.73 Å². The Balaban J connectivity index is 2.88. The number of carbonyl (C=O) groups is 1. The smallest absolute Gasteiger partial charge is 0.226 e. The van der Waals surface area contributed by atoms with Gasteiger partial charge in [0, 0.05) is 0 Å². The van der Waals surface area contributed by atoms with Gasteiger partial charge in [-0.15, -0.1) is 0 Å². The van der Waals surface area contributed by atoms with Crippen molar-refractivity contribution in [3.8, 4) is 0 Å². The summed E-state index contributed by atoms with van der Waals surface area (Å²) in [6, 6.07) is 0. The Morgan fingerprint density at radius 2 is 2.21 bits per heavy atom. The molecule has 0 aromatic rings. The Morgan fingerprint density at radius 1 is 1.57 bits per heavy atom. The number of allylic oxidation sites excluding steroid dienone is 3. The van der Waals surface area contributed by atoms with Gasteiger partial charge in [-0.3, -0.25) is 4.79 Å². The quantitative estimate of drug-likeness (QED) is 0.631. The lowest BCUT2D eigenvalue weighted by atomic mass is 9.82. The molecule has 0 heterocycles. The van der Waals surface area contributed by atoms with Gasteiger partial charge in [-0.2, -0.15) is 0 Å². The van der Waals surface area contributed by atoms with Crippen LogP contribution >= 0.6 is 22.6 Å². The molecule has 2 N–H and O–H groups in total. The fourth-order valence-electron chi connectivity index (χ4n) is 1.81. The van der Waals surface area contributed by atoms with E-state index >= 15 is 0 Å². The molecule has 0 saturated heterocycles. The zero-order valence-electron chi connectivity index (χ0n) is 8.53. The predicted molar refractivity (Wildman–Crippen MR) is 67.2 cm³/mol. The third-order valence-corrected chi connectivity index (χ3v) is 3.80. The fourth-order valence-corrected chi connectivity index (χ4v) is 3.41. The number of alkyl halides is 1. The van der Waals surface area contributed by atoms with Crippen LogP contribution in [0.5, 0.6) is 0 Å². The zero-order chi connectivity index (χ0) is 10.8. The van der Waals surface area contributed by atoms with Gasteiger partial charge in [-0.05, 0) is 12.3 Å². The van der Waals surface area contributed by atoms with Crippen LogP contribution in [-0.4, -0.2) is 9.33 Å². The van der Waals surface area contributed by atoms with E-state index in [1.54, 1.807) is 0 Å². The second-order valence-electron chi connectivity index (χ2n) is 4.15. The van der Waals surface area contributed by atoms with Crippen LogP contribution in [0.2, 0.25) is 0 Å². The van der Waals surface area contributed by atoms with E-state index in [-0.39, 0.29) is 15.2 Å². The first-order valence-corrected chi connectivity index (χ1v) is 5.88. The first-order chi connectivity index (χ1) is 6.46. The lowest BCUT2D eigenvalue weighted by Gasteiger charge is -2.32. The lowest BCUT2D eigenvalue weighted by molar-refractivity contribution is -0.120. The van der Waals surface area contributed by atoms with E-state index in [2.05, 4.69) is 42.5 Å². The molecule has 0 aromatic carbocycles. The van der Waals surface area contributed by atoms with Crippen LogP contribution in [0.15, 0.2) is 24.3 Å². The third kappa shape index (κ3) is 2.59. The van der Waals surface area contributed by atoms with Crippen molar-refractivity contribution < 1.29 is 4.79 Å². The molecule has 78 valence electrons. The van der Waals surface area contributed by atoms with Gasteiger partial charge in [0.1, 0.15) is 0 Å². The maximum absolute atomic E-state index is 11.3.